The Morgan fingerprint density at radius 3 is 2.62 bits per heavy atom. The highest BCUT2D eigenvalue weighted by Gasteiger charge is 2.20. The van der Waals surface area contributed by atoms with Crippen LogP contribution in [-0.2, 0) is 0 Å². The maximum Gasteiger partial charge on any atom is 0.265 e. The fourth-order valence-corrected chi connectivity index (χ4v) is 3.84. The number of hydrogen-bond donors (Lipinski definition) is 0. The molecule has 2 aliphatic rings. The number of amides is 1. The van der Waals surface area contributed by atoms with Gasteiger partial charge in [0.15, 0.2) is 5.01 Å². The summed E-state index contributed by atoms with van der Waals surface area (Å²) >= 11 is 1.45. The molecule has 112 valence electrons. The van der Waals surface area contributed by atoms with Crippen LogP contribution >= 0.6 is 11.3 Å². The lowest BCUT2D eigenvalue weighted by Gasteiger charge is -2.25. The van der Waals surface area contributed by atoms with Gasteiger partial charge in [-0.3, -0.25) is 4.79 Å². The average molecular weight is 302 g/mol. The molecule has 3 rings (SSSR count). The van der Waals surface area contributed by atoms with Gasteiger partial charge in [-0.2, -0.15) is 0 Å². The van der Waals surface area contributed by atoms with Crippen LogP contribution in [0.5, 0.6) is 0 Å². The third kappa shape index (κ3) is 3.85. The first kappa shape index (κ1) is 14.6. The van der Waals surface area contributed by atoms with E-state index in [9.17, 15) is 4.79 Å². The van der Waals surface area contributed by atoms with E-state index >= 15 is 0 Å². The molecule has 0 spiro atoms. The first-order chi connectivity index (χ1) is 10.3. The maximum absolute atomic E-state index is 12.4. The summed E-state index contributed by atoms with van der Waals surface area (Å²) in [6.07, 6.45) is 11.6. The van der Waals surface area contributed by atoms with Crippen LogP contribution in [0.1, 0.15) is 66.0 Å². The predicted octanol–water partition coefficient (Wildman–Crippen LogP) is 3.70. The molecular weight excluding hydrogens is 280 g/mol. The van der Waals surface area contributed by atoms with Gasteiger partial charge in [0.2, 0.25) is 0 Å². The predicted molar refractivity (Wildman–Crippen MR) is 85.3 cm³/mol. The van der Waals surface area contributed by atoms with Gasteiger partial charge in [-0.25, -0.2) is 4.98 Å². The van der Waals surface area contributed by atoms with E-state index in [1.165, 1.54) is 49.9 Å². The van der Waals surface area contributed by atoms with E-state index in [1.54, 1.807) is 6.20 Å². The lowest BCUT2D eigenvalue weighted by molar-refractivity contribution is 0.0729. The van der Waals surface area contributed by atoms with E-state index in [2.05, 4.69) is 16.8 Å². The van der Waals surface area contributed by atoms with E-state index in [0.29, 0.717) is 5.92 Å². The molecule has 1 aliphatic carbocycles. The van der Waals surface area contributed by atoms with Crippen LogP contribution in [-0.4, -0.2) is 28.9 Å². The number of carbonyl (C=O) groups excluding carboxylic acids is 1. The molecule has 1 amide bonds. The molecule has 1 saturated carbocycles. The number of thiazole rings is 1. The number of likely N-dealkylation sites (tertiary alicyclic amines) is 1. The van der Waals surface area contributed by atoms with Crippen molar-refractivity contribution in [3.05, 3.63) is 16.1 Å². The average Bonchev–Trinajstić information content (AvgIpc) is 3.03. The van der Waals surface area contributed by atoms with Gasteiger partial charge in [-0.1, -0.05) is 25.2 Å². The van der Waals surface area contributed by atoms with Gasteiger partial charge in [0.1, 0.15) is 4.88 Å². The van der Waals surface area contributed by atoms with Crippen LogP contribution in [0.25, 0.3) is 0 Å². The Bertz CT molecular complexity index is 543. The molecule has 1 aliphatic heterocycles. The first-order valence-electron chi connectivity index (χ1n) is 8.09. The van der Waals surface area contributed by atoms with Crippen molar-refractivity contribution >= 4 is 17.2 Å². The molecule has 0 radical (unpaired) electrons. The number of hydrogen-bond acceptors (Lipinski definition) is 3. The summed E-state index contributed by atoms with van der Waals surface area (Å²) in [5.41, 5.74) is 0. The Morgan fingerprint density at radius 1 is 1.14 bits per heavy atom. The molecule has 4 heteroatoms. The van der Waals surface area contributed by atoms with Crippen molar-refractivity contribution in [2.45, 2.75) is 51.4 Å². The molecule has 0 N–H and O–H groups in total. The van der Waals surface area contributed by atoms with E-state index < -0.39 is 0 Å². The zero-order valence-electron chi connectivity index (χ0n) is 12.4. The van der Waals surface area contributed by atoms with E-state index in [-0.39, 0.29) is 5.91 Å². The number of piperidine rings is 1. The summed E-state index contributed by atoms with van der Waals surface area (Å²) in [6.45, 7) is 1.78. The Morgan fingerprint density at radius 2 is 1.86 bits per heavy atom. The zero-order chi connectivity index (χ0) is 14.5. The van der Waals surface area contributed by atoms with E-state index in [4.69, 9.17) is 0 Å². The molecule has 1 aromatic heterocycles. The maximum atomic E-state index is 12.4. The highest BCUT2D eigenvalue weighted by atomic mass is 32.1. The molecule has 0 atom stereocenters. The summed E-state index contributed by atoms with van der Waals surface area (Å²) in [4.78, 5) is 19.4. The van der Waals surface area contributed by atoms with Crippen LogP contribution in [0.2, 0.25) is 0 Å². The Hall–Kier alpha value is -1.34. The second-order valence-electron chi connectivity index (χ2n) is 5.99. The SMILES string of the molecule is O=C(c1cnc(C#CC2CCCCC2)s1)N1CCCCC1. The molecule has 2 fully saturated rings. The van der Waals surface area contributed by atoms with Crippen LogP contribution in [0.15, 0.2) is 6.20 Å². The summed E-state index contributed by atoms with van der Waals surface area (Å²) < 4.78 is 0. The minimum Gasteiger partial charge on any atom is -0.338 e. The van der Waals surface area contributed by atoms with E-state index in [0.717, 1.165) is 35.8 Å². The lowest BCUT2D eigenvalue weighted by Crippen LogP contribution is -2.35. The zero-order valence-corrected chi connectivity index (χ0v) is 13.3. The summed E-state index contributed by atoms with van der Waals surface area (Å²) in [5.74, 6) is 7.19. The molecule has 1 saturated heterocycles. The number of rotatable bonds is 1. The van der Waals surface area contributed by atoms with Gasteiger partial charge < -0.3 is 4.90 Å². The first-order valence-corrected chi connectivity index (χ1v) is 8.91. The fraction of sp³-hybridized carbons (Fsp3) is 0.647. The summed E-state index contributed by atoms with van der Waals surface area (Å²) in [7, 11) is 0. The number of carbonyl (C=O) groups is 1. The normalized spacial score (nSPS) is 19.9. The number of aromatic nitrogens is 1. The Balaban J connectivity index is 1.62. The van der Waals surface area contributed by atoms with Crippen molar-refractivity contribution in [3.8, 4) is 11.8 Å². The van der Waals surface area contributed by atoms with Gasteiger partial charge in [-0.15, -0.1) is 11.3 Å². The van der Waals surface area contributed by atoms with Gasteiger partial charge >= 0.3 is 0 Å². The van der Waals surface area contributed by atoms with Crippen molar-refractivity contribution in [2.75, 3.05) is 13.1 Å². The highest BCUT2D eigenvalue weighted by Crippen LogP contribution is 2.23. The quantitative estimate of drug-likeness (QED) is 0.741. The molecule has 2 heterocycles. The minimum atomic E-state index is 0.137. The topological polar surface area (TPSA) is 33.2 Å². The van der Waals surface area contributed by atoms with Crippen molar-refractivity contribution in [1.82, 2.24) is 9.88 Å². The highest BCUT2D eigenvalue weighted by molar-refractivity contribution is 7.14. The fourth-order valence-electron chi connectivity index (χ4n) is 3.09. The largest absolute Gasteiger partial charge is 0.338 e. The third-order valence-corrected chi connectivity index (χ3v) is 5.25. The van der Waals surface area contributed by atoms with Crippen molar-refractivity contribution in [2.24, 2.45) is 5.92 Å². The monoisotopic (exact) mass is 302 g/mol. The molecule has 1 aromatic rings. The van der Waals surface area contributed by atoms with Crippen LogP contribution in [0.3, 0.4) is 0 Å². The van der Waals surface area contributed by atoms with E-state index in [1.807, 2.05) is 4.90 Å². The molecule has 21 heavy (non-hydrogen) atoms. The standard InChI is InChI=1S/C17H22N2OS/c20-17(19-11-5-2-6-12-19)15-13-18-16(21-15)10-9-14-7-3-1-4-8-14/h13-14H,1-8,11-12H2. The van der Waals surface area contributed by atoms with Gasteiger partial charge in [0.25, 0.3) is 5.91 Å². The molecule has 0 bridgehead atoms. The second kappa shape index (κ2) is 7.09. The van der Waals surface area contributed by atoms with Gasteiger partial charge in [0.05, 0.1) is 6.20 Å². The lowest BCUT2D eigenvalue weighted by atomic mass is 9.90. The Labute approximate surface area is 130 Å². The second-order valence-corrected chi connectivity index (χ2v) is 7.02. The molecule has 0 aromatic carbocycles. The molecular formula is C17H22N2OS. The van der Waals surface area contributed by atoms with Crippen molar-refractivity contribution < 1.29 is 4.79 Å². The van der Waals surface area contributed by atoms with Crippen molar-refractivity contribution in [1.29, 1.82) is 0 Å². The smallest absolute Gasteiger partial charge is 0.265 e. The van der Waals surface area contributed by atoms with Gasteiger partial charge in [0, 0.05) is 19.0 Å². The molecule has 3 nitrogen and oxygen atoms in total. The van der Waals surface area contributed by atoms with Crippen LogP contribution in [0.4, 0.5) is 0 Å². The van der Waals surface area contributed by atoms with Crippen LogP contribution in [0, 0.1) is 17.8 Å². The minimum absolute atomic E-state index is 0.137. The summed E-state index contributed by atoms with van der Waals surface area (Å²) in [6, 6.07) is 0. The van der Waals surface area contributed by atoms with Gasteiger partial charge in [-0.05, 0) is 38.0 Å². The molecule has 0 unspecified atom stereocenters. The van der Waals surface area contributed by atoms with Crippen LogP contribution < -0.4 is 0 Å². The third-order valence-electron chi connectivity index (χ3n) is 4.35. The summed E-state index contributed by atoms with van der Waals surface area (Å²) in [5, 5.41) is 0.793. The Kier molecular flexibility index (Phi) is 4.92. The number of nitrogens with zero attached hydrogens (tertiary/aromatic N) is 2. The van der Waals surface area contributed by atoms with Crippen molar-refractivity contribution in [3.63, 3.8) is 0 Å².